The minimum atomic E-state index is -3.70. The van der Waals surface area contributed by atoms with Crippen LogP contribution in [0.15, 0.2) is 48.5 Å². The summed E-state index contributed by atoms with van der Waals surface area (Å²) < 4.78 is 30.9. The maximum atomic E-state index is 12.5. The molecule has 0 aromatic heterocycles. The summed E-state index contributed by atoms with van der Waals surface area (Å²) >= 11 is 6.09. The van der Waals surface area contributed by atoms with Crippen LogP contribution < -0.4 is 14.4 Å². The Kier molecular flexibility index (Phi) is 6.50. The first-order valence-electron chi connectivity index (χ1n) is 7.96. The van der Waals surface area contributed by atoms with Gasteiger partial charge in [0.25, 0.3) is 0 Å². The Morgan fingerprint density at radius 2 is 1.77 bits per heavy atom. The molecule has 0 spiro atoms. The lowest BCUT2D eigenvalue weighted by molar-refractivity contribution is -0.114. The van der Waals surface area contributed by atoms with Gasteiger partial charge in [0.05, 0.1) is 28.8 Å². The number of carbonyl (C=O) groups excluding carboxylic acids is 1. The van der Waals surface area contributed by atoms with Crippen molar-refractivity contribution in [3.05, 3.63) is 53.6 Å². The van der Waals surface area contributed by atoms with Gasteiger partial charge >= 0.3 is 0 Å². The normalized spacial score (nSPS) is 11.3. The molecule has 0 fully saturated rings. The van der Waals surface area contributed by atoms with Crippen molar-refractivity contribution in [2.24, 2.45) is 0 Å². The fourth-order valence-corrected chi connectivity index (χ4v) is 3.44. The Bertz CT molecular complexity index is 884. The average molecular weight is 397 g/mol. The van der Waals surface area contributed by atoms with Crippen LogP contribution in [0.1, 0.15) is 13.8 Å². The standard InChI is InChI=1S/C18H21ClN2O4S/c1-13(2)25-17-11-7-5-9-15(17)20-18(22)12-21(26(3,23)24)16-10-6-4-8-14(16)19/h4-11,13H,12H2,1-3H3,(H,20,22). The van der Waals surface area contributed by atoms with E-state index < -0.39 is 22.5 Å². The number of hydrogen-bond acceptors (Lipinski definition) is 4. The van der Waals surface area contributed by atoms with Crippen LogP contribution in [0.25, 0.3) is 0 Å². The molecule has 2 aromatic rings. The molecule has 2 rings (SSSR count). The lowest BCUT2D eigenvalue weighted by Gasteiger charge is -2.23. The van der Waals surface area contributed by atoms with Crippen LogP contribution in [0.2, 0.25) is 5.02 Å². The molecule has 0 atom stereocenters. The molecule has 2 aromatic carbocycles. The molecule has 6 nitrogen and oxygen atoms in total. The van der Waals surface area contributed by atoms with Gasteiger partial charge in [-0.15, -0.1) is 0 Å². The van der Waals surface area contributed by atoms with Crippen molar-refractivity contribution >= 4 is 38.9 Å². The van der Waals surface area contributed by atoms with E-state index in [4.69, 9.17) is 16.3 Å². The quantitative estimate of drug-likeness (QED) is 0.776. The molecule has 0 saturated heterocycles. The number of nitrogens with zero attached hydrogens (tertiary/aromatic N) is 1. The summed E-state index contributed by atoms with van der Waals surface area (Å²) in [5.41, 5.74) is 0.720. The number of benzene rings is 2. The van der Waals surface area contributed by atoms with Crippen molar-refractivity contribution < 1.29 is 17.9 Å². The third-order valence-electron chi connectivity index (χ3n) is 3.33. The zero-order valence-electron chi connectivity index (χ0n) is 14.8. The van der Waals surface area contributed by atoms with Gasteiger partial charge in [-0.05, 0) is 38.1 Å². The summed E-state index contributed by atoms with van der Waals surface area (Å²) in [4.78, 5) is 12.5. The number of amides is 1. The number of anilines is 2. The molecule has 0 radical (unpaired) electrons. The number of nitrogens with one attached hydrogen (secondary N) is 1. The molecule has 0 unspecified atom stereocenters. The average Bonchev–Trinajstić information content (AvgIpc) is 2.54. The summed E-state index contributed by atoms with van der Waals surface area (Å²) in [6.45, 7) is 3.35. The van der Waals surface area contributed by atoms with Crippen molar-refractivity contribution in [1.82, 2.24) is 0 Å². The molecule has 0 heterocycles. The molecule has 26 heavy (non-hydrogen) atoms. The minimum absolute atomic E-state index is 0.0660. The van der Waals surface area contributed by atoms with E-state index in [9.17, 15) is 13.2 Å². The predicted octanol–water partition coefficient (Wildman–Crippen LogP) is 3.53. The highest BCUT2D eigenvalue weighted by Gasteiger charge is 2.23. The van der Waals surface area contributed by atoms with Crippen molar-refractivity contribution in [2.75, 3.05) is 22.4 Å². The second kappa shape index (κ2) is 8.42. The summed E-state index contributed by atoms with van der Waals surface area (Å²) in [6, 6.07) is 13.4. The number of halogens is 1. The third-order valence-corrected chi connectivity index (χ3v) is 4.78. The monoisotopic (exact) mass is 396 g/mol. The Balaban J connectivity index is 2.23. The van der Waals surface area contributed by atoms with Crippen LogP contribution in [0.3, 0.4) is 0 Å². The van der Waals surface area contributed by atoms with Gasteiger partial charge < -0.3 is 10.1 Å². The molecule has 140 valence electrons. The van der Waals surface area contributed by atoms with Gasteiger partial charge in [0.1, 0.15) is 12.3 Å². The number of ether oxygens (including phenoxy) is 1. The van der Waals surface area contributed by atoms with Crippen LogP contribution in [0, 0.1) is 0 Å². The third kappa shape index (κ3) is 5.37. The predicted molar refractivity (Wildman–Crippen MR) is 104 cm³/mol. The minimum Gasteiger partial charge on any atom is -0.489 e. The van der Waals surface area contributed by atoms with Crippen molar-refractivity contribution in [3.63, 3.8) is 0 Å². The van der Waals surface area contributed by atoms with Crippen LogP contribution in [-0.4, -0.2) is 33.2 Å². The zero-order valence-corrected chi connectivity index (χ0v) is 16.3. The van der Waals surface area contributed by atoms with Crippen LogP contribution in [-0.2, 0) is 14.8 Å². The van der Waals surface area contributed by atoms with Gasteiger partial charge in [0.2, 0.25) is 15.9 Å². The number of hydrogen-bond donors (Lipinski definition) is 1. The van der Waals surface area contributed by atoms with Crippen molar-refractivity contribution in [2.45, 2.75) is 20.0 Å². The van der Waals surface area contributed by atoms with E-state index in [2.05, 4.69) is 5.32 Å². The Morgan fingerprint density at radius 1 is 1.15 bits per heavy atom. The first-order valence-corrected chi connectivity index (χ1v) is 10.2. The molecule has 0 aliphatic rings. The molecular formula is C18H21ClN2O4S. The number of para-hydroxylation sites is 3. The Labute approximate surface area is 158 Å². The highest BCUT2D eigenvalue weighted by molar-refractivity contribution is 7.92. The topological polar surface area (TPSA) is 75.7 Å². The summed E-state index contributed by atoms with van der Waals surface area (Å²) in [5, 5.41) is 2.94. The Morgan fingerprint density at radius 3 is 2.38 bits per heavy atom. The van der Waals surface area contributed by atoms with E-state index in [1.165, 1.54) is 0 Å². The molecular weight excluding hydrogens is 376 g/mol. The molecule has 0 aliphatic carbocycles. The maximum absolute atomic E-state index is 12.5. The molecule has 1 amide bonds. The van der Waals surface area contributed by atoms with Crippen LogP contribution in [0.5, 0.6) is 5.75 Å². The van der Waals surface area contributed by atoms with Gasteiger partial charge in [-0.2, -0.15) is 0 Å². The lowest BCUT2D eigenvalue weighted by Crippen LogP contribution is -2.37. The summed E-state index contributed by atoms with van der Waals surface area (Å²) in [5.74, 6) is 0.00894. The fraction of sp³-hybridized carbons (Fsp3) is 0.278. The van der Waals surface area contributed by atoms with Gasteiger partial charge in [0, 0.05) is 0 Å². The zero-order chi connectivity index (χ0) is 19.3. The second-order valence-corrected chi connectivity index (χ2v) is 8.25. The van der Waals surface area contributed by atoms with Gasteiger partial charge in [-0.3, -0.25) is 9.10 Å². The molecule has 8 heteroatoms. The van der Waals surface area contributed by atoms with E-state index >= 15 is 0 Å². The van der Waals surface area contributed by atoms with Crippen LogP contribution in [0.4, 0.5) is 11.4 Å². The largest absolute Gasteiger partial charge is 0.489 e. The molecule has 0 saturated carbocycles. The fourth-order valence-electron chi connectivity index (χ4n) is 2.28. The Hall–Kier alpha value is -2.25. The summed E-state index contributed by atoms with van der Waals surface area (Å²) in [6.07, 6.45) is 0.961. The highest BCUT2D eigenvalue weighted by Crippen LogP contribution is 2.28. The molecule has 0 bridgehead atoms. The van der Waals surface area contributed by atoms with Gasteiger partial charge in [-0.1, -0.05) is 35.9 Å². The van der Waals surface area contributed by atoms with E-state index in [0.29, 0.717) is 11.4 Å². The van der Waals surface area contributed by atoms with E-state index in [-0.39, 0.29) is 16.8 Å². The van der Waals surface area contributed by atoms with E-state index in [1.54, 1.807) is 48.5 Å². The first kappa shape index (κ1) is 20.1. The van der Waals surface area contributed by atoms with Gasteiger partial charge in [0.15, 0.2) is 0 Å². The maximum Gasteiger partial charge on any atom is 0.245 e. The summed E-state index contributed by atoms with van der Waals surface area (Å²) in [7, 11) is -3.70. The van der Waals surface area contributed by atoms with Crippen molar-refractivity contribution in [1.29, 1.82) is 0 Å². The molecule has 1 N–H and O–H groups in total. The van der Waals surface area contributed by atoms with E-state index in [1.807, 2.05) is 13.8 Å². The number of sulfonamides is 1. The smallest absolute Gasteiger partial charge is 0.245 e. The van der Waals surface area contributed by atoms with Crippen molar-refractivity contribution in [3.8, 4) is 5.75 Å². The van der Waals surface area contributed by atoms with Crippen LogP contribution >= 0.6 is 11.6 Å². The van der Waals surface area contributed by atoms with Gasteiger partial charge in [-0.25, -0.2) is 8.42 Å². The first-order chi connectivity index (χ1) is 12.2. The number of rotatable bonds is 7. The lowest BCUT2D eigenvalue weighted by atomic mass is 10.2. The molecule has 0 aliphatic heterocycles. The second-order valence-electron chi connectivity index (χ2n) is 5.93. The van der Waals surface area contributed by atoms with E-state index in [0.717, 1.165) is 10.6 Å². The number of carbonyl (C=O) groups is 1. The highest BCUT2D eigenvalue weighted by atomic mass is 35.5. The SMILES string of the molecule is CC(C)Oc1ccccc1NC(=O)CN(c1ccccc1Cl)S(C)(=O)=O.